The predicted molar refractivity (Wildman–Crippen MR) is 92.8 cm³/mol. The Morgan fingerprint density at radius 1 is 1.08 bits per heavy atom. The third-order valence-electron chi connectivity index (χ3n) is 4.13. The van der Waals surface area contributed by atoms with Crippen molar-refractivity contribution in [2.75, 3.05) is 37.7 Å². The molecule has 1 amide bonds. The second-order valence-electron chi connectivity index (χ2n) is 5.80. The molecular formula is C18H20N4O3. The van der Waals surface area contributed by atoms with Gasteiger partial charge in [0.05, 0.1) is 6.20 Å². The van der Waals surface area contributed by atoms with Gasteiger partial charge in [-0.25, -0.2) is 4.98 Å². The summed E-state index contributed by atoms with van der Waals surface area (Å²) >= 11 is 0. The molecule has 1 aliphatic heterocycles. The lowest BCUT2D eigenvalue weighted by Gasteiger charge is -2.35. The first-order chi connectivity index (χ1) is 12.1. The number of carbonyl (C=O) groups excluding carboxylic acids is 2. The molecule has 2 heterocycles. The van der Waals surface area contributed by atoms with E-state index < -0.39 is 0 Å². The summed E-state index contributed by atoms with van der Waals surface area (Å²) in [6.45, 7) is 4.20. The first-order valence-electron chi connectivity index (χ1n) is 8.16. The first-order valence-corrected chi connectivity index (χ1v) is 8.16. The van der Waals surface area contributed by atoms with Crippen molar-refractivity contribution >= 4 is 17.5 Å². The van der Waals surface area contributed by atoms with Crippen molar-refractivity contribution in [3.8, 4) is 5.75 Å². The highest BCUT2D eigenvalue weighted by molar-refractivity contribution is 5.94. The Kier molecular flexibility index (Phi) is 5.23. The van der Waals surface area contributed by atoms with Gasteiger partial charge in [0.15, 0.2) is 12.4 Å². The Balaban J connectivity index is 1.47. The van der Waals surface area contributed by atoms with Gasteiger partial charge in [0.25, 0.3) is 5.91 Å². The van der Waals surface area contributed by atoms with Gasteiger partial charge in [-0.3, -0.25) is 14.6 Å². The molecule has 7 nitrogen and oxygen atoms in total. The van der Waals surface area contributed by atoms with Crippen molar-refractivity contribution in [3.63, 3.8) is 0 Å². The Hall–Kier alpha value is -2.96. The van der Waals surface area contributed by atoms with Gasteiger partial charge in [0.2, 0.25) is 0 Å². The van der Waals surface area contributed by atoms with E-state index in [2.05, 4.69) is 14.9 Å². The van der Waals surface area contributed by atoms with Crippen molar-refractivity contribution < 1.29 is 14.3 Å². The highest BCUT2D eigenvalue weighted by Gasteiger charge is 2.22. The summed E-state index contributed by atoms with van der Waals surface area (Å²) in [6, 6.07) is 6.80. The minimum atomic E-state index is -0.0468. The maximum Gasteiger partial charge on any atom is 0.260 e. The van der Waals surface area contributed by atoms with E-state index in [1.54, 1.807) is 47.8 Å². The van der Waals surface area contributed by atoms with Gasteiger partial charge in [-0.2, -0.15) is 0 Å². The van der Waals surface area contributed by atoms with E-state index in [1.807, 2.05) is 0 Å². The molecule has 1 fully saturated rings. The van der Waals surface area contributed by atoms with Crippen molar-refractivity contribution in [2.45, 2.75) is 6.92 Å². The molecule has 1 aromatic carbocycles. The minimum Gasteiger partial charge on any atom is -0.484 e. The highest BCUT2D eigenvalue weighted by atomic mass is 16.5. The zero-order valence-electron chi connectivity index (χ0n) is 14.1. The lowest BCUT2D eigenvalue weighted by atomic mass is 10.1. The van der Waals surface area contributed by atoms with E-state index in [4.69, 9.17) is 4.74 Å². The number of ether oxygens (including phenoxy) is 1. The van der Waals surface area contributed by atoms with Crippen molar-refractivity contribution in [1.29, 1.82) is 0 Å². The summed E-state index contributed by atoms with van der Waals surface area (Å²) in [5.41, 5.74) is 0.624. The number of hydrogen-bond acceptors (Lipinski definition) is 6. The number of carbonyl (C=O) groups is 2. The van der Waals surface area contributed by atoms with E-state index in [0.29, 0.717) is 24.4 Å². The van der Waals surface area contributed by atoms with Crippen LogP contribution in [0.5, 0.6) is 5.75 Å². The van der Waals surface area contributed by atoms with E-state index in [0.717, 1.165) is 18.9 Å². The van der Waals surface area contributed by atoms with Crippen LogP contribution in [-0.2, 0) is 4.79 Å². The molecule has 0 unspecified atom stereocenters. The van der Waals surface area contributed by atoms with Crippen LogP contribution in [0.4, 0.5) is 5.82 Å². The second kappa shape index (κ2) is 7.74. The van der Waals surface area contributed by atoms with Crippen LogP contribution in [-0.4, -0.2) is 59.3 Å². The second-order valence-corrected chi connectivity index (χ2v) is 5.80. The molecule has 2 aromatic rings. The van der Waals surface area contributed by atoms with Crippen LogP contribution in [0.1, 0.15) is 17.3 Å². The van der Waals surface area contributed by atoms with Crippen LogP contribution >= 0.6 is 0 Å². The van der Waals surface area contributed by atoms with Crippen molar-refractivity contribution in [2.24, 2.45) is 0 Å². The number of ketones is 1. The number of anilines is 1. The minimum absolute atomic E-state index is 0.00334. The fourth-order valence-electron chi connectivity index (χ4n) is 2.66. The molecule has 130 valence electrons. The third-order valence-corrected chi connectivity index (χ3v) is 4.13. The number of amides is 1. The standard InChI is InChI=1S/C18H20N4O3/c1-14(23)15-2-4-16(5-3-15)25-13-18(24)22-10-8-21(9-11-22)17-12-19-6-7-20-17/h2-7,12H,8-11,13H2,1H3. The zero-order chi connectivity index (χ0) is 17.6. The average molecular weight is 340 g/mol. The fraction of sp³-hybridized carbons (Fsp3) is 0.333. The Morgan fingerprint density at radius 3 is 2.40 bits per heavy atom. The van der Waals surface area contributed by atoms with Gasteiger partial charge < -0.3 is 14.5 Å². The van der Waals surface area contributed by atoms with Crippen LogP contribution in [0, 0.1) is 0 Å². The molecule has 25 heavy (non-hydrogen) atoms. The van der Waals surface area contributed by atoms with E-state index in [9.17, 15) is 9.59 Å². The van der Waals surface area contributed by atoms with Crippen molar-refractivity contribution in [1.82, 2.24) is 14.9 Å². The summed E-state index contributed by atoms with van der Waals surface area (Å²) in [5, 5.41) is 0. The molecule has 1 aliphatic rings. The van der Waals surface area contributed by atoms with Crippen LogP contribution in [0.25, 0.3) is 0 Å². The van der Waals surface area contributed by atoms with Gasteiger partial charge in [-0.1, -0.05) is 0 Å². The number of benzene rings is 1. The molecule has 7 heteroatoms. The molecule has 0 spiro atoms. The molecule has 0 radical (unpaired) electrons. The monoisotopic (exact) mass is 340 g/mol. The lowest BCUT2D eigenvalue weighted by molar-refractivity contribution is -0.133. The third kappa shape index (κ3) is 4.32. The first kappa shape index (κ1) is 16.9. The van der Waals surface area contributed by atoms with Gasteiger partial charge in [0.1, 0.15) is 11.6 Å². The highest BCUT2D eigenvalue weighted by Crippen LogP contribution is 2.14. The molecule has 0 atom stereocenters. The number of piperazine rings is 1. The summed E-state index contributed by atoms with van der Waals surface area (Å²) in [7, 11) is 0. The molecule has 0 saturated carbocycles. The van der Waals surface area contributed by atoms with Crippen LogP contribution < -0.4 is 9.64 Å². The maximum absolute atomic E-state index is 12.3. The smallest absolute Gasteiger partial charge is 0.260 e. The fourth-order valence-corrected chi connectivity index (χ4v) is 2.66. The van der Waals surface area contributed by atoms with E-state index in [1.165, 1.54) is 6.92 Å². The average Bonchev–Trinajstić information content (AvgIpc) is 2.67. The Morgan fingerprint density at radius 2 is 1.80 bits per heavy atom. The van der Waals surface area contributed by atoms with E-state index in [-0.39, 0.29) is 18.3 Å². The zero-order valence-corrected chi connectivity index (χ0v) is 14.1. The van der Waals surface area contributed by atoms with Crippen molar-refractivity contribution in [3.05, 3.63) is 48.4 Å². The number of aromatic nitrogens is 2. The number of nitrogens with zero attached hydrogens (tertiary/aromatic N) is 4. The number of Topliss-reactive ketones (excluding diaryl/α,β-unsaturated/α-hetero) is 1. The van der Waals surface area contributed by atoms with Gasteiger partial charge >= 0.3 is 0 Å². The predicted octanol–water partition coefficient (Wildman–Crippen LogP) is 1.41. The normalized spacial score (nSPS) is 14.3. The molecule has 1 aromatic heterocycles. The molecule has 0 bridgehead atoms. The molecule has 0 aliphatic carbocycles. The van der Waals surface area contributed by atoms with Gasteiger partial charge in [0, 0.05) is 44.1 Å². The Bertz CT molecular complexity index is 726. The molecule has 0 N–H and O–H groups in total. The molecular weight excluding hydrogens is 320 g/mol. The largest absolute Gasteiger partial charge is 0.484 e. The van der Waals surface area contributed by atoms with Crippen LogP contribution in [0.3, 0.4) is 0 Å². The summed E-state index contributed by atoms with van der Waals surface area (Å²) in [5.74, 6) is 1.37. The summed E-state index contributed by atoms with van der Waals surface area (Å²) < 4.78 is 5.53. The maximum atomic E-state index is 12.3. The molecule has 3 rings (SSSR count). The SMILES string of the molecule is CC(=O)c1ccc(OCC(=O)N2CCN(c3cnccn3)CC2)cc1. The summed E-state index contributed by atoms with van der Waals surface area (Å²) in [4.78, 5) is 35.8. The topological polar surface area (TPSA) is 75.6 Å². The quantitative estimate of drug-likeness (QED) is 0.766. The lowest BCUT2D eigenvalue weighted by Crippen LogP contribution is -2.50. The van der Waals surface area contributed by atoms with E-state index >= 15 is 0 Å². The van der Waals surface area contributed by atoms with Gasteiger partial charge in [-0.15, -0.1) is 0 Å². The van der Waals surface area contributed by atoms with Crippen LogP contribution in [0.2, 0.25) is 0 Å². The number of rotatable bonds is 5. The summed E-state index contributed by atoms with van der Waals surface area (Å²) in [6.07, 6.45) is 5.03. The van der Waals surface area contributed by atoms with Crippen LogP contribution in [0.15, 0.2) is 42.9 Å². The van der Waals surface area contributed by atoms with Gasteiger partial charge in [-0.05, 0) is 31.2 Å². The molecule has 1 saturated heterocycles. The number of hydrogen-bond donors (Lipinski definition) is 0. The Labute approximate surface area is 146 Å².